The minimum absolute atomic E-state index is 0.00986. The molecule has 4 aromatic rings. The van der Waals surface area contributed by atoms with E-state index in [0.717, 1.165) is 33.5 Å². The molecule has 0 aliphatic carbocycles. The van der Waals surface area contributed by atoms with Gasteiger partial charge in [-0.25, -0.2) is 9.97 Å². The zero-order chi connectivity index (χ0) is 20.2. The third-order valence-electron chi connectivity index (χ3n) is 4.51. The van der Waals surface area contributed by atoms with E-state index < -0.39 is 0 Å². The zero-order valence-electron chi connectivity index (χ0n) is 16.2. The molecule has 0 atom stereocenters. The summed E-state index contributed by atoms with van der Waals surface area (Å²) in [5, 5.41) is 0.753. The monoisotopic (exact) mass is 407 g/mol. The van der Waals surface area contributed by atoms with E-state index in [9.17, 15) is 4.79 Å². The summed E-state index contributed by atoms with van der Waals surface area (Å²) in [6, 6.07) is 15.6. The third-order valence-corrected chi connectivity index (χ3v) is 5.47. The van der Waals surface area contributed by atoms with Gasteiger partial charge in [-0.15, -0.1) is 0 Å². The Hall–Kier alpha value is -3.26. The molecule has 0 radical (unpaired) electrons. The molecule has 4 rings (SSSR count). The molecule has 0 spiro atoms. The number of fused-ring (bicyclic) bond motifs is 1. The maximum Gasteiger partial charge on any atom is 0.233 e. The van der Waals surface area contributed by atoms with Crippen LogP contribution >= 0.6 is 11.8 Å². The number of ether oxygens (including phenoxy) is 1. The van der Waals surface area contributed by atoms with Crippen LogP contribution in [-0.2, 0) is 11.3 Å². The zero-order valence-corrected chi connectivity index (χ0v) is 17.0. The van der Waals surface area contributed by atoms with Gasteiger partial charge in [-0.1, -0.05) is 30.0 Å². The van der Waals surface area contributed by atoms with Crippen LogP contribution in [0.5, 0.6) is 5.75 Å². The second-order valence-corrected chi connectivity index (χ2v) is 7.46. The van der Waals surface area contributed by atoms with Crippen LogP contribution in [0, 0.1) is 0 Å². The first-order chi connectivity index (χ1) is 14.1. The number of aromatic amines is 1. The van der Waals surface area contributed by atoms with E-state index in [4.69, 9.17) is 4.74 Å². The van der Waals surface area contributed by atoms with Gasteiger partial charge < -0.3 is 14.6 Å². The molecule has 0 bridgehead atoms. The Balaban J connectivity index is 1.40. The highest BCUT2D eigenvalue weighted by molar-refractivity contribution is 7.99. The molecule has 7 nitrogen and oxygen atoms in total. The normalized spacial score (nSPS) is 11.0. The van der Waals surface area contributed by atoms with Gasteiger partial charge in [0.25, 0.3) is 0 Å². The number of amides is 1. The average molecular weight is 407 g/mol. The number of nitrogens with zero attached hydrogens (tertiary/aromatic N) is 4. The number of thioether (sulfide) groups is 1. The van der Waals surface area contributed by atoms with Crippen LogP contribution in [0.25, 0.3) is 16.7 Å². The maximum absolute atomic E-state index is 12.6. The lowest BCUT2D eigenvalue weighted by molar-refractivity contribution is -0.127. The van der Waals surface area contributed by atoms with Crippen LogP contribution in [0.15, 0.2) is 66.1 Å². The number of H-pyrrole nitrogens is 1. The molecule has 29 heavy (non-hydrogen) atoms. The molecule has 0 aliphatic rings. The number of benzene rings is 2. The van der Waals surface area contributed by atoms with Crippen molar-refractivity contribution in [3.63, 3.8) is 0 Å². The van der Waals surface area contributed by atoms with Crippen molar-refractivity contribution in [1.82, 2.24) is 24.4 Å². The smallest absolute Gasteiger partial charge is 0.233 e. The Kier molecular flexibility index (Phi) is 5.53. The minimum atomic E-state index is 0.00986. The average Bonchev–Trinajstić information content (AvgIpc) is 3.38. The Morgan fingerprint density at radius 3 is 2.93 bits per heavy atom. The molecule has 2 aromatic heterocycles. The first-order valence-electron chi connectivity index (χ1n) is 9.12. The number of carbonyl (C=O) groups excluding carboxylic acids is 1. The van der Waals surface area contributed by atoms with Gasteiger partial charge in [0.15, 0.2) is 5.16 Å². The summed E-state index contributed by atoms with van der Waals surface area (Å²) in [4.78, 5) is 26.5. The summed E-state index contributed by atoms with van der Waals surface area (Å²) in [6.07, 6.45) is 3.60. The molecule has 1 amide bonds. The van der Waals surface area contributed by atoms with Gasteiger partial charge in [-0.2, -0.15) is 0 Å². The van der Waals surface area contributed by atoms with Crippen molar-refractivity contribution in [2.45, 2.75) is 11.7 Å². The molecule has 0 aliphatic heterocycles. The SMILES string of the molecule is COc1cccc(-n2ccnc2SCC(=O)N(C)Cc2nc3ccccc3[nH]2)c1. The first-order valence-corrected chi connectivity index (χ1v) is 10.1. The predicted octanol–water partition coefficient (Wildman–Crippen LogP) is 3.51. The van der Waals surface area contributed by atoms with Crippen molar-refractivity contribution in [3.05, 3.63) is 66.7 Å². The second-order valence-electron chi connectivity index (χ2n) is 6.52. The standard InChI is InChI=1S/C21H21N5O2S/c1-25(13-19-23-17-8-3-4-9-18(17)24-19)20(27)14-29-21-22-10-11-26(21)15-6-5-7-16(12-15)28-2/h3-12H,13-14H2,1-2H3,(H,23,24). The summed E-state index contributed by atoms with van der Waals surface area (Å²) in [5.74, 6) is 1.84. The van der Waals surface area contributed by atoms with Crippen LogP contribution in [0.3, 0.4) is 0 Å². The molecule has 2 aromatic carbocycles. The van der Waals surface area contributed by atoms with Crippen LogP contribution in [0.2, 0.25) is 0 Å². The molecule has 0 saturated carbocycles. The van der Waals surface area contributed by atoms with Crippen molar-refractivity contribution in [2.75, 3.05) is 19.9 Å². The van der Waals surface area contributed by atoms with Gasteiger partial charge in [-0.3, -0.25) is 9.36 Å². The van der Waals surface area contributed by atoms with Crippen molar-refractivity contribution in [3.8, 4) is 11.4 Å². The number of rotatable bonds is 7. The Bertz CT molecular complexity index is 1100. The van der Waals surface area contributed by atoms with E-state index in [-0.39, 0.29) is 11.7 Å². The van der Waals surface area contributed by atoms with Crippen LogP contribution in [-0.4, -0.2) is 50.2 Å². The number of aromatic nitrogens is 4. The van der Waals surface area contributed by atoms with Crippen LogP contribution in [0.1, 0.15) is 5.82 Å². The van der Waals surface area contributed by atoms with Gasteiger partial charge in [0.2, 0.25) is 5.91 Å². The molecule has 0 saturated heterocycles. The first kappa shape index (κ1) is 19.1. The lowest BCUT2D eigenvalue weighted by Gasteiger charge is -2.15. The van der Waals surface area contributed by atoms with E-state index in [0.29, 0.717) is 6.54 Å². The number of nitrogens with one attached hydrogen (secondary N) is 1. The summed E-state index contributed by atoms with van der Waals surface area (Å²) in [7, 11) is 3.42. The third kappa shape index (κ3) is 4.27. The van der Waals surface area contributed by atoms with Crippen molar-refractivity contribution in [2.24, 2.45) is 0 Å². The van der Waals surface area contributed by atoms with E-state index in [1.807, 2.05) is 59.3 Å². The van der Waals surface area contributed by atoms with Crippen LogP contribution < -0.4 is 4.74 Å². The predicted molar refractivity (Wildman–Crippen MR) is 113 cm³/mol. The quantitative estimate of drug-likeness (QED) is 0.475. The fraction of sp³-hybridized carbons (Fsp3) is 0.190. The van der Waals surface area contributed by atoms with Gasteiger partial charge in [0, 0.05) is 25.5 Å². The lowest BCUT2D eigenvalue weighted by atomic mass is 10.3. The Labute approximate surface area is 172 Å². The molecule has 1 N–H and O–H groups in total. The van der Waals surface area contributed by atoms with E-state index in [1.54, 1.807) is 25.3 Å². The molecular weight excluding hydrogens is 386 g/mol. The summed E-state index contributed by atoms with van der Waals surface area (Å²) >= 11 is 1.40. The van der Waals surface area contributed by atoms with Gasteiger partial charge in [0.1, 0.15) is 11.6 Å². The second kappa shape index (κ2) is 8.40. The Morgan fingerprint density at radius 2 is 2.10 bits per heavy atom. The lowest BCUT2D eigenvalue weighted by Crippen LogP contribution is -2.28. The number of hydrogen-bond donors (Lipinski definition) is 1. The van der Waals surface area contributed by atoms with Crippen molar-refractivity contribution < 1.29 is 9.53 Å². The molecule has 148 valence electrons. The van der Waals surface area contributed by atoms with E-state index >= 15 is 0 Å². The van der Waals surface area contributed by atoms with Gasteiger partial charge in [0.05, 0.1) is 36.1 Å². The van der Waals surface area contributed by atoms with E-state index in [1.165, 1.54) is 11.8 Å². The number of hydrogen-bond acceptors (Lipinski definition) is 5. The molecule has 0 fully saturated rings. The number of para-hydroxylation sites is 2. The van der Waals surface area contributed by atoms with Gasteiger partial charge in [-0.05, 0) is 24.3 Å². The highest BCUT2D eigenvalue weighted by Gasteiger charge is 2.14. The number of methoxy groups -OCH3 is 1. The number of carbonyl (C=O) groups is 1. The topological polar surface area (TPSA) is 76.0 Å². The highest BCUT2D eigenvalue weighted by Crippen LogP contribution is 2.23. The fourth-order valence-corrected chi connectivity index (χ4v) is 3.90. The fourth-order valence-electron chi connectivity index (χ4n) is 2.98. The van der Waals surface area contributed by atoms with Crippen molar-refractivity contribution >= 4 is 28.7 Å². The highest BCUT2D eigenvalue weighted by atomic mass is 32.2. The minimum Gasteiger partial charge on any atom is -0.497 e. The molecular formula is C21H21N5O2S. The number of imidazole rings is 2. The van der Waals surface area contributed by atoms with Crippen LogP contribution in [0.4, 0.5) is 0 Å². The van der Waals surface area contributed by atoms with Gasteiger partial charge >= 0.3 is 0 Å². The molecule has 0 unspecified atom stereocenters. The molecule has 8 heteroatoms. The Morgan fingerprint density at radius 1 is 1.24 bits per heavy atom. The largest absolute Gasteiger partial charge is 0.497 e. The molecule has 2 heterocycles. The maximum atomic E-state index is 12.6. The summed E-state index contributed by atoms with van der Waals surface area (Å²) < 4.78 is 7.23. The van der Waals surface area contributed by atoms with E-state index in [2.05, 4.69) is 15.0 Å². The van der Waals surface area contributed by atoms with Crippen molar-refractivity contribution in [1.29, 1.82) is 0 Å². The summed E-state index contributed by atoms with van der Waals surface area (Å²) in [5.41, 5.74) is 2.81. The summed E-state index contributed by atoms with van der Waals surface area (Å²) in [6.45, 7) is 0.429.